The van der Waals surface area contributed by atoms with Crippen molar-refractivity contribution in [3.8, 4) is 16.9 Å². The third-order valence-electron chi connectivity index (χ3n) is 8.95. The van der Waals surface area contributed by atoms with Crippen molar-refractivity contribution in [1.29, 1.82) is 0 Å². The first kappa shape index (κ1) is 32.7. The molecule has 5 heterocycles. The first-order chi connectivity index (χ1) is 22.9. The summed E-state index contributed by atoms with van der Waals surface area (Å²) in [5, 5.41) is 0.242. The number of fused-ring (bicyclic) bond motifs is 5. The number of hydrogen-bond donors (Lipinski definition) is 0. The molecule has 250 valence electrons. The average molecular weight is 657 g/mol. The zero-order chi connectivity index (χ0) is 34.4. The molecule has 3 amide bonds. The van der Waals surface area contributed by atoms with Crippen molar-refractivity contribution in [2.24, 2.45) is 0 Å². The minimum atomic E-state index is -0.847. The Bertz CT molecular complexity index is 2010. The second kappa shape index (κ2) is 12.8. The van der Waals surface area contributed by atoms with Crippen molar-refractivity contribution in [3.05, 3.63) is 82.6 Å². The van der Waals surface area contributed by atoms with Crippen LogP contribution in [0.5, 0.6) is 0 Å². The fourth-order valence-electron chi connectivity index (χ4n) is 6.66. The summed E-state index contributed by atoms with van der Waals surface area (Å²) in [5.74, 6) is -1.72. The molecular formula is C35H38F2N8O3. The number of piperazine rings is 1. The number of carbonyl (C=O) groups excluding carboxylic acids is 2. The number of benzene rings is 1. The molecule has 1 atom stereocenters. The van der Waals surface area contributed by atoms with Crippen molar-refractivity contribution in [2.45, 2.75) is 45.6 Å². The highest BCUT2D eigenvalue weighted by Crippen LogP contribution is 2.39. The third kappa shape index (κ3) is 5.56. The minimum Gasteiger partial charge on any atom is -0.350 e. The van der Waals surface area contributed by atoms with Gasteiger partial charge in [-0.15, -0.1) is 0 Å². The first-order valence-electron chi connectivity index (χ1n) is 16.0. The lowest BCUT2D eigenvalue weighted by Gasteiger charge is -2.40. The molecule has 1 saturated heterocycles. The molecule has 4 aromatic rings. The van der Waals surface area contributed by atoms with Gasteiger partial charge in [-0.05, 0) is 61.6 Å². The third-order valence-corrected chi connectivity index (χ3v) is 8.95. The van der Waals surface area contributed by atoms with Gasteiger partial charge in [0.05, 0.1) is 28.0 Å². The van der Waals surface area contributed by atoms with Crippen LogP contribution in [0.2, 0.25) is 0 Å². The molecule has 6 rings (SSSR count). The van der Waals surface area contributed by atoms with Crippen LogP contribution in [-0.2, 0) is 11.2 Å². The fraction of sp³-hybridized carbons (Fsp3) is 0.371. The van der Waals surface area contributed by atoms with E-state index in [1.807, 2.05) is 31.7 Å². The van der Waals surface area contributed by atoms with E-state index in [1.54, 1.807) is 31.3 Å². The molecule has 11 nitrogen and oxygen atoms in total. The predicted octanol–water partition coefficient (Wildman–Crippen LogP) is 4.90. The Hall–Kier alpha value is -5.20. The lowest BCUT2D eigenvalue weighted by molar-refractivity contribution is -0.126. The molecule has 3 aromatic heterocycles. The number of carbonyl (C=O) groups is 2. The number of amides is 3. The molecule has 1 aromatic carbocycles. The summed E-state index contributed by atoms with van der Waals surface area (Å²) in [6.45, 7) is 10.6. The normalized spacial score (nSPS) is 16.3. The first-order valence-corrected chi connectivity index (χ1v) is 16.0. The van der Waals surface area contributed by atoms with Crippen LogP contribution in [-0.4, -0.2) is 87.6 Å². The standard InChI is InChI=1S/C35H38F2N8O3/c1-7-27(46)42-16-17-43(21(4)19-42)32-23-18-25(37)30-28-24(36)11-8-12-26(28)44(35(48)41(5)6)15-9-10-22-13-14-38-29(20(2)3)31(22)45(33(23)39-30)34(47)40-32/h7-8,11-14,18,20-21H,1,9-10,15-17,19H2,2-6H3. The van der Waals surface area contributed by atoms with Gasteiger partial charge in [-0.2, -0.15) is 4.98 Å². The van der Waals surface area contributed by atoms with Crippen molar-refractivity contribution >= 4 is 34.5 Å². The Kier molecular flexibility index (Phi) is 8.71. The highest BCUT2D eigenvalue weighted by molar-refractivity contribution is 5.98. The summed E-state index contributed by atoms with van der Waals surface area (Å²) < 4.78 is 33.8. The van der Waals surface area contributed by atoms with Crippen LogP contribution in [0.15, 0.2) is 54.0 Å². The molecule has 1 unspecified atom stereocenters. The van der Waals surface area contributed by atoms with Gasteiger partial charge in [-0.1, -0.05) is 26.5 Å². The number of anilines is 2. The van der Waals surface area contributed by atoms with Crippen molar-refractivity contribution < 1.29 is 18.4 Å². The SMILES string of the molecule is C=CC(=O)N1CCN(c2nc(=O)n3c4nc(c(F)cc24)-c2c(F)cccc2N(C(=O)N(C)C)CCCc2ccnc(C(C)C)c2-3)C(C)C1. The summed E-state index contributed by atoms with van der Waals surface area (Å²) in [6.07, 6.45) is 3.84. The average Bonchev–Trinajstić information content (AvgIpc) is 3.05. The molecule has 2 aliphatic rings. The van der Waals surface area contributed by atoms with Gasteiger partial charge in [0, 0.05) is 52.5 Å². The minimum absolute atomic E-state index is 0.0783. The van der Waals surface area contributed by atoms with Gasteiger partial charge < -0.3 is 14.7 Å². The molecule has 0 spiro atoms. The number of aryl methyl sites for hydroxylation is 1. The molecule has 0 N–H and O–H groups in total. The van der Waals surface area contributed by atoms with Crippen LogP contribution in [0.3, 0.4) is 0 Å². The topological polar surface area (TPSA) is 108 Å². The highest BCUT2D eigenvalue weighted by atomic mass is 19.1. The van der Waals surface area contributed by atoms with Gasteiger partial charge in [0.2, 0.25) is 5.91 Å². The van der Waals surface area contributed by atoms with Crippen LogP contribution < -0.4 is 15.5 Å². The van der Waals surface area contributed by atoms with Crippen LogP contribution >= 0.6 is 0 Å². The quantitative estimate of drug-likeness (QED) is 0.289. The van der Waals surface area contributed by atoms with Crippen molar-refractivity contribution in [3.63, 3.8) is 0 Å². The van der Waals surface area contributed by atoms with E-state index < -0.39 is 23.4 Å². The lowest BCUT2D eigenvalue weighted by atomic mass is 9.99. The highest BCUT2D eigenvalue weighted by Gasteiger charge is 2.32. The van der Waals surface area contributed by atoms with E-state index in [9.17, 15) is 14.4 Å². The zero-order valence-corrected chi connectivity index (χ0v) is 27.7. The van der Waals surface area contributed by atoms with E-state index in [0.717, 1.165) is 5.56 Å². The van der Waals surface area contributed by atoms with E-state index in [1.165, 1.54) is 38.6 Å². The van der Waals surface area contributed by atoms with E-state index in [-0.39, 0.29) is 58.2 Å². The molecule has 0 saturated carbocycles. The largest absolute Gasteiger partial charge is 0.355 e. The van der Waals surface area contributed by atoms with Gasteiger partial charge in [0.1, 0.15) is 17.3 Å². The smallest absolute Gasteiger partial charge is 0.350 e. The maximum absolute atomic E-state index is 16.5. The fourth-order valence-corrected chi connectivity index (χ4v) is 6.66. The summed E-state index contributed by atoms with van der Waals surface area (Å²) in [7, 11) is 3.20. The Balaban J connectivity index is 1.70. The van der Waals surface area contributed by atoms with Crippen LogP contribution in [0.25, 0.3) is 28.0 Å². The van der Waals surface area contributed by atoms with E-state index in [2.05, 4.69) is 16.5 Å². The van der Waals surface area contributed by atoms with Crippen molar-refractivity contribution in [2.75, 3.05) is 50.1 Å². The van der Waals surface area contributed by atoms with Gasteiger partial charge in [0.15, 0.2) is 11.5 Å². The number of nitrogens with zero attached hydrogens (tertiary/aromatic N) is 8. The van der Waals surface area contributed by atoms with Gasteiger partial charge in [0.25, 0.3) is 0 Å². The zero-order valence-electron chi connectivity index (χ0n) is 27.7. The van der Waals surface area contributed by atoms with Crippen LogP contribution in [0, 0.1) is 11.6 Å². The van der Waals surface area contributed by atoms with Crippen LogP contribution in [0.1, 0.15) is 44.4 Å². The summed E-state index contributed by atoms with van der Waals surface area (Å²) >= 11 is 0. The van der Waals surface area contributed by atoms with E-state index in [0.29, 0.717) is 43.9 Å². The van der Waals surface area contributed by atoms with Crippen LogP contribution in [0.4, 0.5) is 25.1 Å². The number of urea groups is 1. The molecule has 0 radical (unpaired) electrons. The predicted molar refractivity (Wildman–Crippen MR) is 181 cm³/mol. The monoisotopic (exact) mass is 656 g/mol. The number of aromatic nitrogens is 4. The number of rotatable bonds is 3. The van der Waals surface area contributed by atoms with Gasteiger partial charge in [-0.3, -0.25) is 14.7 Å². The van der Waals surface area contributed by atoms with Gasteiger partial charge >= 0.3 is 11.7 Å². The Morgan fingerprint density at radius 2 is 1.85 bits per heavy atom. The second-order valence-electron chi connectivity index (χ2n) is 12.7. The number of halogens is 2. The van der Waals surface area contributed by atoms with Gasteiger partial charge in [-0.25, -0.2) is 27.9 Å². The molecule has 0 aliphatic carbocycles. The lowest BCUT2D eigenvalue weighted by Crippen LogP contribution is -2.54. The van der Waals surface area contributed by atoms with E-state index >= 15 is 8.78 Å². The Labute approximate surface area is 277 Å². The summed E-state index contributed by atoms with van der Waals surface area (Å²) in [5.41, 5.74) is 0.947. The maximum Gasteiger partial charge on any atom is 0.355 e. The Morgan fingerprint density at radius 3 is 2.54 bits per heavy atom. The van der Waals surface area contributed by atoms with E-state index in [4.69, 9.17) is 4.98 Å². The maximum atomic E-state index is 16.5. The summed E-state index contributed by atoms with van der Waals surface area (Å²) in [6, 6.07) is 6.61. The second-order valence-corrected chi connectivity index (χ2v) is 12.7. The molecule has 48 heavy (non-hydrogen) atoms. The number of pyridine rings is 2. The Morgan fingerprint density at radius 1 is 1.08 bits per heavy atom. The molecule has 2 bridgehead atoms. The summed E-state index contributed by atoms with van der Waals surface area (Å²) in [4.78, 5) is 60.5. The molecule has 2 aliphatic heterocycles. The molecule has 1 fully saturated rings. The molecule has 13 heteroatoms. The van der Waals surface area contributed by atoms with Crippen molar-refractivity contribution in [1.82, 2.24) is 29.3 Å². The number of hydrogen-bond acceptors (Lipinski definition) is 7. The molecular weight excluding hydrogens is 618 g/mol.